The molecule has 21 heavy (non-hydrogen) atoms. The lowest BCUT2D eigenvalue weighted by Gasteiger charge is -2.18. The average molecular weight is 384 g/mol. The van der Waals surface area contributed by atoms with Gasteiger partial charge in [0.1, 0.15) is 11.0 Å². The SMILES string of the molecule is NC(=S)C(NC(=O)c1ccc(Cl)c(Br)c1)c1ccccc1. The summed E-state index contributed by atoms with van der Waals surface area (Å²) >= 11 is 14.3. The van der Waals surface area contributed by atoms with E-state index in [4.69, 9.17) is 29.6 Å². The molecule has 0 radical (unpaired) electrons. The fourth-order valence-corrected chi connectivity index (χ4v) is 2.51. The number of amides is 1. The standard InChI is InChI=1S/C15H12BrClN2OS/c16-11-8-10(6-7-12(11)17)15(20)19-13(14(18)21)9-4-2-1-3-5-9/h1-8,13H,(H2,18,21)(H,19,20). The number of carbonyl (C=O) groups is 1. The minimum Gasteiger partial charge on any atom is -0.391 e. The van der Waals surface area contributed by atoms with Crippen molar-refractivity contribution in [3.8, 4) is 0 Å². The molecular formula is C15H12BrClN2OS. The van der Waals surface area contributed by atoms with Gasteiger partial charge in [-0.25, -0.2) is 0 Å². The van der Waals surface area contributed by atoms with E-state index in [1.165, 1.54) is 0 Å². The van der Waals surface area contributed by atoms with Gasteiger partial charge in [-0.15, -0.1) is 0 Å². The van der Waals surface area contributed by atoms with Gasteiger partial charge < -0.3 is 11.1 Å². The Labute approximate surface area is 141 Å². The molecule has 3 nitrogen and oxygen atoms in total. The number of thiocarbonyl (C=S) groups is 1. The molecule has 2 aromatic carbocycles. The molecule has 2 rings (SSSR count). The van der Waals surface area contributed by atoms with Crippen LogP contribution in [0.5, 0.6) is 0 Å². The molecule has 108 valence electrons. The largest absolute Gasteiger partial charge is 0.391 e. The Bertz CT molecular complexity index is 679. The van der Waals surface area contributed by atoms with Crippen LogP contribution < -0.4 is 11.1 Å². The zero-order valence-corrected chi connectivity index (χ0v) is 14.0. The van der Waals surface area contributed by atoms with Gasteiger partial charge in [0.05, 0.1) is 5.02 Å². The van der Waals surface area contributed by atoms with Crippen molar-refractivity contribution in [2.45, 2.75) is 6.04 Å². The van der Waals surface area contributed by atoms with Crippen molar-refractivity contribution in [3.05, 3.63) is 69.2 Å². The van der Waals surface area contributed by atoms with E-state index in [9.17, 15) is 4.79 Å². The van der Waals surface area contributed by atoms with Crippen LogP contribution in [-0.2, 0) is 0 Å². The summed E-state index contributed by atoms with van der Waals surface area (Å²) in [5.41, 5.74) is 7.05. The third-order valence-electron chi connectivity index (χ3n) is 2.87. The van der Waals surface area contributed by atoms with E-state index in [1.807, 2.05) is 30.3 Å². The molecule has 0 spiro atoms. The van der Waals surface area contributed by atoms with Crippen LogP contribution in [-0.4, -0.2) is 10.9 Å². The molecule has 0 fully saturated rings. The van der Waals surface area contributed by atoms with E-state index in [-0.39, 0.29) is 10.9 Å². The Balaban J connectivity index is 2.23. The van der Waals surface area contributed by atoms with Crippen LogP contribution >= 0.6 is 39.7 Å². The number of hydrogen-bond acceptors (Lipinski definition) is 2. The molecule has 0 aliphatic heterocycles. The van der Waals surface area contributed by atoms with E-state index < -0.39 is 6.04 Å². The molecule has 6 heteroatoms. The normalized spacial score (nSPS) is 11.7. The summed E-state index contributed by atoms with van der Waals surface area (Å²) < 4.78 is 0.656. The van der Waals surface area contributed by atoms with Crippen molar-refractivity contribution in [2.24, 2.45) is 5.73 Å². The Morgan fingerprint density at radius 1 is 1.24 bits per heavy atom. The van der Waals surface area contributed by atoms with Gasteiger partial charge in [-0.05, 0) is 39.7 Å². The molecule has 0 aliphatic rings. The summed E-state index contributed by atoms with van der Waals surface area (Å²) in [4.78, 5) is 12.5. The Morgan fingerprint density at radius 3 is 2.48 bits per heavy atom. The van der Waals surface area contributed by atoms with Gasteiger partial charge in [-0.1, -0.05) is 54.2 Å². The molecule has 1 unspecified atom stereocenters. The third-order valence-corrected chi connectivity index (χ3v) is 4.32. The molecule has 3 N–H and O–H groups in total. The number of benzene rings is 2. The molecule has 0 aliphatic carbocycles. The highest BCUT2D eigenvalue weighted by Crippen LogP contribution is 2.23. The second-order valence-corrected chi connectivity index (χ2v) is 6.08. The smallest absolute Gasteiger partial charge is 0.252 e. The average Bonchev–Trinajstić information content (AvgIpc) is 2.48. The Morgan fingerprint density at radius 2 is 1.90 bits per heavy atom. The quantitative estimate of drug-likeness (QED) is 0.788. The summed E-state index contributed by atoms with van der Waals surface area (Å²) in [5, 5.41) is 3.37. The number of nitrogens with one attached hydrogen (secondary N) is 1. The van der Waals surface area contributed by atoms with Crippen molar-refractivity contribution >= 4 is 50.6 Å². The molecule has 0 bridgehead atoms. The lowest BCUT2D eigenvalue weighted by atomic mass is 10.1. The van der Waals surface area contributed by atoms with Crippen LogP contribution in [0.1, 0.15) is 22.0 Å². The second kappa shape index (κ2) is 7.02. The van der Waals surface area contributed by atoms with Crippen LogP contribution in [0.3, 0.4) is 0 Å². The van der Waals surface area contributed by atoms with Crippen molar-refractivity contribution < 1.29 is 4.79 Å². The van der Waals surface area contributed by atoms with Crippen LogP contribution in [0.2, 0.25) is 5.02 Å². The van der Waals surface area contributed by atoms with Crippen LogP contribution in [0, 0.1) is 0 Å². The van der Waals surface area contributed by atoms with E-state index in [0.29, 0.717) is 15.1 Å². The molecular weight excluding hydrogens is 372 g/mol. The monoisotopic (exact) mass is 382 g/mol. The van der Waals surface area contributed by atoms with Gasteiger partial charge in [0, 0.05) is 10.0 Å². The van der Waals surface area contributed by atoms with E-state index >= 15 is 0 Å². The molecule has 0 aromatic heterocycles. The van der Waals surface area contributed by atoms with Crippen LogP contribution in [0.4, 0.5) is 0 Å². The lowest BCUT2D eigenvalue weighted by molar-refractivity contribution is 0.0947. The number of nitrogens with two attached hydrogens (primary N) is 1. The predicted octanol–water partition coefficient (Wildman–Crippen LogP) is 3.86. The first-order chi connectivity index (χ1) is 9.99. The minimum atomic E-state index is -0.511. The highest BCUT2D eigenvalue weighted by atomic mass is 79.9. The van der Waals surface area contributed by atoms with Gasteiger partial charge in [-0.2, -0.15) is 0 Å². The van der Waals surface area contributed by atoms with Gasteiger partial charge >= 0.3 is 0 Å². The van der Waals surface area contributed by atoms with Gasteiger partial charge in [0.25, 0.3) is 5.91 Å². The number of rotatable bonds is 4. The molecule has 0 saturated heterocycles. The summed E-state index contributed by atoms with van der Waals surface area (Å²) in [5.74, 6) is -0.269. The maximum Gasteiger partial charge on any atom is 0.252 e. The molecule has 1 amide bonds. The topological polar surface area (TPSA) is 55.1 Å². The van der Waals surface area contributed by atoms with Crippen molar-refractivity contribution in [2.75, 3.05) is 0 Å². The fraction of sp³-hybridized carbons (Fsp3) is 0.0667. The van der Waals surface area contributed by atoms with Crippen molar-refractivity contribution in [1.29, 1.82) is 0 Å². The summed E-state index contributed by atoms with van der Waals surface area (Å²) in [6.45, 7) is 0. The molecule has 1 atom stereocenters. The second-order valence-electron chi connectivity index (χ2n) is 4.35. The summed E-state index contributed by atoms with van der Waals surface area (Å²) in [7, 11) is 0. The minimum absolute atomic E-state index is 0.211. The highest BCUT2D eigenvalue weighted by Gasteiger charge is 2.18. The lowest BCUT2D eigenvalue weighted by Crippen LogP contribution is -2.36. The Hall–Kier alpha value is -1.43. The van der Waals surface area contributed by atoms with Crippen molar-refractivity contribution in [3.63, 3.8) is 0 Å². The zero-order valence-electron chi connectivity index (χ0n) is 10.8. The molecule has 0 saturated carbocycles. The van der Waals surface area contributed by atoms with Crippen LogP contribution in [0.15, 0.2) is 53.0 Å². The highest BCUT2D eigenvalue weighted by molar-refractivity contribution is 9.10. The first-order valence-electron chi connectivity index (χ1n) is 6.09. The number of hydrogen-bond donors (Lipinski definition) is 2. The summed E-state index contributed by atoms with van der Waals surface area (Å²) in [6, 6.07) is 13.8. The van der Waals surface area contributed by atoms with E-state index in [1.54, 1.807) is 18.2 Å². The van der Waals surface area contributed by atoms with Gasteiger partial charge in [-0.3, -0.25) is 4.79 Å². The molecule has 2 aromatic rings. The van der Waals surface area contributed by atoms with Gasteiger partial charge in [0.2, 0.25) is 0 Å². The van der Waals surface area contributed by atoms with Crippen molar-refractivity contribution in [1.82, 2.24) is 5.32 Å². The number of carbonyl (C=O) groups excluding carboxylic acids is 1. The Kier molecular flexibility index (Phi) is 5.33. The fourth-order valence-electron chi connectivity index (χ4n) is 1.82. The number of halogens is 2. The third kappa shape index (κ3) is 4.03. The first-order valence-corrected chi connectivity index (χ1v) is 7.67. The predicted molar refractivity (Wildman–Crippen MR) is 92.6 cm³/mol. The maximum absolute atomic E-state index is 12.3. The van der Waals surface area contributed by atoms with E-state index in [0.717, 1.165) is 5.56 Å². The maximum atomic E-state index is 12.3. The summed E-state index contributed by atoms with van der Waals surface area (Å²) in [6.07, 6.45) is 0. The van der Waals surface area contributed by atoms with Gasteiger partial charge in [0.15, 0.2) is 0 Å². The first kappa shape index (κ1) is 15.9. The zero-order chi connectivity index (χ0) is 15.4. The van der Waals surface area contributed by atoms with E-state index in [2.05, 4.69) is 21.2 Å². The molecule has 0 heterocycles. The van der Waals surface area contributed by atoms with Crippen LogP contribution in [0.25, 0.3) is 0 Å².